The van der Waals surface area contributed by atoms with Gasteiger partial charge < -0.3 is 11.1 Å². The van der Waals surface area contributed by atoms with Gasteiger partial charge in [0.2, 0.25) is 0 Å². The molecule has 0 radical (unpaired) electrons. The van der Waals surface area contributed by atoms with Crippen LogP contribution in [0.4, 0.5) is 24.7 Å². The van der Waals surface area contributed by atoms with E-state index in [1.165, 1.54) is 6.20 Å². The van der Waals surface area contributed by atoms with Crippen molar-refractivity contribution in [2.45, 2.75) is 6.18 Å². The van der Waals surface area contributed by atoms with Crippen LogP contribution in [0.5, 0.6) is 0 Å². The second-order valence-electron chi connectivity index (χ2n) is 5.02. The number of carbonyl (C=O) groups excluding carboxylic acids is 1. The summed E-state index contributed by atoms with van der Waals surface area (Å²) in [6.45, 7) is 0. The molecule has 1 amide bonds. The first-order chi connectivity index (χ1) is 11.4. The molecule has 0 bridgehead atoms. The highest BCUT2D eigenvalue weighted by molar-refractivity contribution is 6.10. The van der Waals surface area contributed by atoms with Crippen LogP contribution >= 0.6 is 0 Å². The number of benzene rings is 1. The van der Waals surface area contributed by atoms with Gasteiger partial charge in [-0.1, -0.05) is 24.3 Å². The minimum Gasteiger partial charge on any atom is -0.383 e. The molecule has 0 spiro atoms. The SMILES string of the molecule is Nc1ncc(C(F)(F)F)cc1C(=O)Nc1cncc2ccccc12. The van der Waals surface area contributed by atoms with E-state index in [0.717, 1.165) is 5.39 Å². The predicted molar refractivity (Wildman–Crippen MR) is 83.3 cm³/mol. The van der Waals surface area contributed by atoms with E-state index in [-0.39, 0.29) is 11.4 Å². The summed E-state index contributed by atoms with van der Waals surface area (Å²) in [5.74, 6) is -1.07. The van der Waals surface area contributed by atoms with Gasteiger partial charge in [0.15, 0.2) is 0 Å². The zero-order valence-corrected chi connectivity index (χ0v) is 12.1. The van der Waals surface area contributed by atoms with Crippen LogP contribution in [0.15, 0.2) is 48.9 Å². The summed E-state index contributed by atoms with van der Waals surface area (Å²) in [7, 11) is 0. The van der Waals surface area contributed by atoms with E-state index in [0.29, 0.717) is 23.3 Å². The molecule has 3 rings (SSSR count). The summed E-state index contributed by atoms with van der Waals surface area (Å²) in [5, 5.41) is 4.02. The van der Waals surface area contributed by atoms with Crippen LogP contribution in [0.2, 0.25) is 0 Å². The lowest BCUT2D eigenvalue weighted by molar-refractivity contribution is -0.137. The van der Waals surface area contributed by atoms with Crippen molar-refractivity contribution in [2.24, 2.45) is 0 Å². The average Bonchev–Trinajstić information content (AvgIpc) is 2.54. The molecule has 1 aromatic carbocycles. The number of hydrogen-bond acceptors (Lipinski definition) is 4. The number of carbonyl (C=O) groups is 1. The van der Waals surface area contributed by atoms with Crippen molar-refractivity contribution < 1.29 is 18.0 Å². The largest absolute Gasteiger partial charge is 0.417 e. The number of nitrogens with zero attached hydrogens (tertiary/aromatic N) is 2. The Bertz CT molecular complexity index is 919. The lowest BCUT2D eigenvalue weighted by Crippen LogP contribution is -2.17. The van der Waals surface area contributed by atoms with E-state index in [9.17, 15) is 18.0 Å². The molecule has 5 nitrogen and oxygen atoms in total. The fraction of sp³-hybridized carbons (Fsp3) is 0.0625. The van der Waals surface area contributed by atoms with E-state index in [1.807, 2.05) is 6.07 Å². The Balaban J connectivity index is 1.98. The maximum Gasteiger partial charge on any atom is 0.417 e. The van der Waals surface area contributed by atoms with Gasteiger partial charge >= 0.3 is 6.18 Å². The van der Waals surface area contributed by atoms with Gasteiger partial charge in [-0.15, -0.1) is 0 Å². The van der Waals surface area contributed by atoms with Crippen molar-refractivity contribution in [2.75, 3.05) is 11.1 Å². The molecule has 8 heteroatoms. The van der Waals surface area contributed by atoms with Crippen LogP contribution < -0.4 is 11.1 Å². The molecule has 0 fully saturated rings. The van der Waals surface area contributed by atoms with Crippen molar-refractivity contribution in [3.63, 3.8) is 0 Å². The lowest BCUT2D eigenvalue weighted by atomic mass is 10.1. The molecule has 3 aromatic rings. The summed E-state index contributed by atoms with van der Waals surface area (Å²) in [5.41, 5.74) is 4.52. The monoisotopic (exact) mass is 332 g/mol. The summed E-state index contributed by atoms with van der Waals surface area (Å²) >= 11 is 0. The number of nitrogens with two attached hydrogens (primary N) is 1. The number of nitrogens with one attached hydrogen (secondary N) is 1. The second-order valence-corrected chi connectivity index (χ2v) is 5.02. The quantitative estimate of drug-likeness (QED) is 0.753. The molecular weight excluding hydrogens is 321 g/mol. The van der Waals surface area contributed by atoms with Gasteiger partial charge in [0, 0.05) is 23.2 Å². The highest BCUT2D eigenvalue weighted by atomic mass is 19.4. The third kappa shape index (κ3) is 2.98. The summed E-state index contributed by atoms with van der Waals surface area (Å²) in [6, 6.07) is 7.83. The van der Waals surface area contributed by atoms with Gasteiger partial charge in [-0.05, 0) is 6.07 Å². The topological polar surface area (TPSA) is 80.9 Å². The third-order valence-electron chi connectivity index (χ3n) is 3.41. The summed E-state index contributed by atoms with van der Waals surface area (Å²) < 4.78 is 38.3. The smallest absolute Gasteiger partial charge is 0.383 e. The Morgan fingerprint density at radius 3 is 2.62 bits per heavy atom. The fourth-order valence-corrected chi connectivity index (χ4v) is 2.22. The number of halogens is 3. The molecule has 24 heavy (non-hydrogen) atoms. The van der Waals surface area contributed by atoms with E-state index < -0.39 is 17.6 Å². The molecule has 0 saturated carbocycles. The number of pyridine rings is 2. The van der Waals surface area contributed by atoms with Crippen LogP contribution in [0.3, 0.4) is 0 Å². The third-order valence-corrected chi connectivity index (χ3v) is 3.41. The number of anilines is 2. The fourth-order valence-electron chi connectivity index (χ4n) is 2.22. The highest BCUT2D eigenvalue weighted by Crippen LogP contribution is 2.30. The summed E-state index contributed by atoms with van der Waals surface area (Å²) in [4.78, 5) is 19.8. The van der Waals surface area contributed by atoms with Crippen molar-refractivity contribution in [1.82, 2.24) is 9.97 Å². The normalized spacial score (nSPS) is 11.5. The molecule has 0 aliphatic carbocycles. The number of aromatic nitrogens is 2. The van der Waals surface area contributed by atoms with Gasteiger partial charge in [-0.2, -0.15) is 13.2 Å². The first-order valence-electron chi connectivity index (χ1n) is 6.83. The molecule has 3 N–H and O–H groups in total. The van der Waals surface area contributed by atoms with E-state index >= 15 is 0 Å². The Kier molecular flexibility index (Phi) is 3.80. The molecule has 0 unspecified atom stereocenters. The number of rotatable bonds is 2. The molecule has 0 aliphatic heterocycles. The number of fused-ring (bicyclic) bond motifs is 1. The number of nitrogen functional groups attached to an aromatic ring is 1. The Hall–Kier alpha value is -3.16. The Labute approximate surface area is 134 Å². The van der Waals surface area contributed by atoms with Crippen LogP contribution in [0.1, 0.15) is 15.9 Å². The van der Waals surface area contributed by atoms with Crippen LogP contribution in [-0.4, -0.2) is 15.9 Å². The Morgan fingerprint density at radius 2 is 1.88 bits per heavy atom. The minimum atomic E-state index is -4.61. The minimum absolute atomic E-state index is 0.284. The predicted octanol–water partition coefficient (Wildman–Crippen LogP) is 3.48. The second kappa shape index (κ2) is 5.80. The zero-order valence-electron chi connectivity index (χ0n) is 12.1. The Morgan fingerprint density at radius 1 is 1.12 bits per heavy atom. The lowest BCUT2D eigenvalue weighted by Gasteiger charge is -2.11. The zero-order chi connectivity index (χ0) is 17.3. The number of hydrogen-bond donors (Lipinski definition) is 2. The van der Waals surface area contributed by atoms with Gasteiger partial charge in [-0.3, -0.25) is 9.78 Å². The van der Waals surface area contributed by atoms with E-state index in [1.54, 1.807) is 24.4 Å². The maximum absolute atomic E-state index is 12.8. The van der Waals surface area contributed by atoms with Crippen LogP contribution in [-0.2, 0) is 6.18 Å². The van der Waals surface area contributed by atoms with Gasteiger partial charge in [0.1, 0.15) is 5.82 Å². The first kappa shape index (κ1) is 15.7. The molecule has 0 atom stereocenters. The average molecular weight is 332 g/mol. The van der Waals surface area contributed by atoms with Crippen molar-refractivity contribution in [3.8, 4) is 0 Å². The molecule has 0 saturated heterocycles. The van der Waals surface area contributed by atoms with Gasteiger partial charge in [0.25, 0.3) is 5.91 Å². The molecule has 2 aromatic heterocycles. The highest BCUT2D eigenvalue weighted by Gasteiger charge is 2.32. The number of alkyl halides is 3. The van der Waals surface area contributed by atoms with Crippen LogP contribution in [0, 0.1) is 0 Å². The van der Waals surface area contributed by atoms with Crippen molar-refractivity contribution in [1.29, 1.82) is 0 Å². The van der Waals surface area contributed by atoms with Gasteiger partial charge in [-0.25, -0.2) is 4.98 Å². The van der Waals surface area contributed by atoms with Crippen LogP contribution in [0.25, 0.3) is 10.8 Å². The van der Waals surface area contributed by atoms with E-state index in [4.69, 9.17) is 5.73 Å². The molecule has 2 heterocycles. The molecule has 0 aliphatic rings. The summed E-state index contributed by atoms with van der Waals surface area (Å²) in [6.07, 6.45) is -0.995. The number of amides is 1. The van der Waals surface area contributed by atoms with Gasteiger partial charge in [0.05, 0.1) is 23.0 Å². The van der Waals surface area contributed by atoms with Crippen molar-refractivity contribution in [3.05, 3.63) is 60.0 Å². The molecular formula is C16H11F3N4O. The van der Waals surface area contributed by atoms with E-state index in [2.05, 4.69) is 15.3 Å². The first-order valence-corrected chi connectivity index (χ1v) is 6.83. The molecule has 122 valence electrons. The van der Waals surface area contributed by atoms with Crippen molar-refractivity contribution >= 4 is 28.2 Å². The maximum atomic E-state index is 12.8. The standard InChI is InChI=1S/C16H11F3N4O/c17-16(18,19)10-5-12(14(20)22-7-10)15(24)23-13-8-21-6-9-3-1-2-4-11(9)13/h1-8H,(H2,20,22)(H,23,24).